The van der Waals surface area contributed by atoms with Gasteiger partial charge in [-0.1, -0.05) is 98.5 Å². The highest BCUT2D eigenvalue weighted by atomic mass is 31.1. The van der Waals surface area contributed by atoms with Crippen LogP contribution in [0.3, 0.4) is 0 Å². The summed E-state index contributed by atoms with van der Waals surface area (Å²) in [6, 6.07) is 37.3. The van der Waals surface area contributed by atoms with E-state index in [0.717, 1.165) is 5.69 Å². The van der Waals surface area contributed by atoms with Gasteiger partial charge in [0.1, 0.15) is 0 Å². The minimum absolute atomic E-state index is 0.549. The van der Waals surface area contributed by atoms with Crippen molar-refractivity contribution < 1.29 is 0 Å². The van der Waals surface area contributed by atoms with E-state index in [4.69, 9.17) is 4.98 Å². The Morgan fingerprint density at radius 1 is 0.552 bits per heavy atom. The second kappa shape index (κ2) is 6.58. The van der Waals surface area contributed by atoms with Crippen molar-refractivity contribution in [1.82, 2.24) is 4.98 Å². The van der Waals surface area contributed by atoms with E-state index >= 15 is 0 Å². The smallest absolute Gasteiger partial charge is 0.0780 e. The van der Waals surface area contributed by atoms with Crippen molar-refractivity contribution in [3.63, 3.8) is 0 Å². The van der Waals surface area contributed by atoms with Gasteiger partial charge in [-0.25, -0.2) is 0 Å². The van der Waals surface area contributed by atoms with Crippen LogP contribution >= 0.6 is 7.53 Å². The second-order valence-electron chi connectivity index (χ2n) is 7.30. The first-order valence-corrected chi connectivity index (χ1v) is 11.2. The second-order valence-corrected chi connectivity index (χ2v) is 9.45. The van der Waals surface area contributed by atoms with Crippen molar-refractivity contribution >= 4 is 39.3 Å². The molecule has 0 aliphatic carbocycles. The molecule has 0 N–H and O–H groups in total. The van der Waals surface area contributed by atoms with Crippen LogP contribution in [0.5, 0.6) is 0 Å². The first-order chi connectivity index (χ1) is 14.4. The maximum Gasteiger partial charge on any atom is 0.0780 e. The molecule has 2 aromatic heterocycles. The van der Waals surface area contributed by atoms with Gasteiger partial charge in [-0.05, 0) is 33.6 Å². The Bertz CT molecular complexity index is 1450. The number of hydrogen-bond acceptors (Lipinski definition) is 1. The molecule has 0 amide bonds. The molecule has 0 unspecified atom stereocenters. The van der Waals surface area contributed by atoms with E-state index in [0.29, 0.717) is 0 Å². The van der Waals surface area contributed by atoms with Gasteiger partial charge in [0.2, 0.25) is 0 Å². The van der Waals surface area contributed by atoms with Gasteiger partial charge < -0.3 is 0 Å². The fourth-order valence-electron chi connectivity index (χ4n) is 4.34. The summed E-state index contributed by atoms with van der Waals surface area (Å²) >= 11 is 0. The summed E-state index contributed by atoms with van der Waals surface area (Å²) in [5.41, 5.74) is 2.24. The van der Waals surface area contributed by atoms with Crippen molar-refractivity contribution in [2.24, 2.45) is 0 Å². The Morgan fingerprint density at radius 2 is 1.21 bits per heavy atom. The van der Waals surface area contributed by atoms with Crippen LogP contribution in [0.2, 0.25) is 0 Å². The van der Waals surface area contributed by atoms with E-state index in [2.05, 4.69) is 103 Å². The van der Waals surface area contributed by atoms with E-state index in [-0.39, 0.29) is 0 Å². The normalized spacial score (nSPS) is 11.4. The van der Waals surface area contributed by atoms with Crippen LogP contribution in [-0.4, -0.2) is 4.98 Å². The van der Waals surface area contributed by atoms with Gasteiger partial charge in [0.15, 0.2) is 0 Å². The van der Waals surface area contributed by atoms with Gasteiger partial charge in [-0.3, -0.25) is 4.98 Å². The summed E-state index contributed by atoms with van der Waals surface area (Å²) in [5.74, 6) is 0. The van der Waals surface area contributed by atoms with Crippen LogP contribution in [0.1, 0.15) is 0 Å². The summed E-state index contributed by atoms with van der Waals surface area (Å²) in [5, 5.41) is 9.46. The number of hydrogen-bond donors (Lipinski definition) is 0. The molecule has 6 aromatic rings. The summed E-state index contributed by atoms with van der Waals surface area (Å²) in [6.45, 7) is 0. The number of nitrogens with zero attached hydrogens (tertiary/aromatic N) is 1. The van der Waals surface area contributed by atoms with Gasteiger partial charge >= 0.3 is 0 Å². The van der Waals surface area contributed by atoms with E-state index in [1.807, 2.05) is 6.20 Å². The standard InChI is InChI=1S/C27H18NP/c1-2-11-22-19(8-1)16-17-28-27(22)20-9-7-10-21(18-20)29-25-14-5-3-12-23(25)24-13-4-6-15-26(24)29/h1-18H. The minimum Gasteiger partial charge on any atom is -0.256 e. The lowest BCUT2D eigenvalue weighted by Crippen LogP contribution is -1.85. The van der Waals surface area contributed by atoms with Crippen LogP contribution in [0, 0.1) is 0 Å². The predicted octanol–water partition coefficient (Wildman–Crippen LogP) is 8.18. The zero-order valence-electron chi connectivity index (χ0n) is 15.8. The third kappa shape index (κ3) is 2.59. The Hall–Kier alpha value is -3.41. The predicted molar refractivity (Wildman–Crippen MR) is 126 cm³/mol. The highest BCUT2D eigenvalue weighted by Gasteiger charge is 2.14. The molecule has 0 saturated carbocycles. The SMILES string of the molecule is c1cc(-c2nccc3ccccc23)cc(-p2c3ccccc3c3ccccc32)c1. The molecular weight excluding hydrogens is 369 g/mol. The van der Waals surface area contributed by atoms with Crippen LogP contribution < -0.4 is 0 Å². The highest BCUT2D eigenvalue weighted by Crippen LogP contribution is 2.55. The zero-order valence-corrected chi connectivity index (χ0v) is 16.7. The van der Waals surface area contributed by atoms with Crippen molar-refractivity contribution in [1.29, 1.82) is 0 Å². The molecule has 0 radical (unpaired) electrons. The lowest BCUT2D eigenvalue weighted by atomic mass is 10.0. The van der Waals surface area contributed by atoms with Gasteiger partial charge in [-0.15, -0.1) is 0 Å². The molecule has 2 heterocycles. The molecule has 0 atom stereocenters. The molecule has 0 aliphatic rings. The molecule has 0 saturated heterocycles. The van der Waals surface area contributed by atoms with Crippen LogP contribution in [-0.2, 0) is 0 Å². The number of benzene rings is 4. The lowest BCUT2D eigenvalue weighted by molar-refractivity contribution is 1.36. The molecular formula is C27H18NP. The lowest BCUT2D eigenvalue weighted by Gasteiger charge is -2.09. The number of pyridine rings is 1. The molecule has 29 heavy (non-hydrogen) atoms. The van der Waals surface area contributed by atoms with Crippen LogP contribution in [0.25, 0.3) is 48.3 Å². The molecule has 4 aromatic carbocycles. The van der Waals surface area contributed by atoms with Gasteiger partial charge in [0.25, 0.3) is 0 Å². The molecule has 0 bridgehead atoms. The third-order valence-electron chi connectivity index (χ3n) is 5.63. The van der Waals surface area contributed by atoms with E-state index in [1.54, 1.807) is 0 Å². The van der Waals surface area contributed by atoms with Gasteiger partial charge in [0.05, 0.1) is 5.69 Å². The Balaban J connectivity index is 1.64. The zero-order chi connectivity index (χ0) is 19.2. The number of fused-ring (bicyclic) bond motifs is 4. The minimum atomic E-state index is -0.549. The molecule has 136 valence electrons. The summed E-state index contributed by atoms with van der Waals surface area (Å²) < 4.78 is 0. The number of rotatable bonds is 2. The maximum atomic E-state index is 4.74. The highest BCUT2D eigenvalue weighted by molar-refractivity contribution is 7.67. The van der Waals surface area contributed by atoms with E-state index in [1.165, 1.54) is 42.6 Å². The first-order valence-electron chi connectivity index (χ1n) is 9.83. The van der Waals surface area contributed by atoms with Crippen LogP contribution in [0.4, 0.5) is 0 Å². The van der Waals surface area contributed by atoms with Crippen molar-refractivity contribution in [2.75, 3.05) is 0 Å². The van der Waals surface area contributed by atoms with Crippen molar-refractivity contribution in [3.8, 4) is 16.6 Å². The number of aromatic nitrogens is 1. The molecule has 0 fully saturated rings. The fraction of sp³-hybridized carbons (Fsp3) is 0. The molecule has 0 spiro atoms. The first kappa shape index (κ1) is 16.5. The Morgan fingerprint density at radius 3 is 1.97 bits per heavy atom. The largest absolute Gasteiger partial charge is 0.256 e. The molecule has 6 rings (SSSR count). The summed E-state index contributed by atoms with van der Waals surface area (Å²) in [7, 11) is -0.549. The quantitative estimate of drug-likeness (QED) is 0.292. The summed E-state index contributed by atoms with van der Waals surface area (Å²) in [4.78, 5) is 4.74. The van der Waals surface area contributed by atoms with Crippen LogP contribution in [0.15, 0.2) is 109 Å². The Labute approximate surface area is 170 Å². The van der Waals surface area contributed by atoms with E-state index < -0.39 is 7.53 Å². The molecule has 0 aliphatic heterocycles. The van der Waals surface area contributed by atoms with Crippen molar-refractivity contribution in [3.05, 3.63) is 109 Å². The van der Waals surface area contributed by atoms with E-state index in [9.17, 15) is 0 Å². The topological polar surface area (TPSA) is 12.9 Å². The molecule has 1 nitrogen and oxygen atoms in total. The average molecular weight is 387 g/mol. The maximum absolute atomic E-state index is 4.74. The Kier molecular flexibility index (Phi) is 3.75. The van der Waals surface area contributed by atoms with Gasteiger partial charge in [-0.2, -0.15) is 0 Å². The average Bonchev–Trinajstić information content (AvgIpc) is 3.13. The summed E-state index contributed by atoms with van der Waals surface area (Å²) in [6.07, 6.45) is 1.91. The molecule has 2 heteroatoms. The fourth-order valence-corrected chi connectivity index (χ4v) is 7.00. The van der Waals surface area contributed by atoms with Gasteiger partial charge in [0, 0.05) is 27.4 Å². The third-order valence-corrected chi connectivity index (χ3v) is 8.17. The van der Waals surface area contributed by atoms with Crippen molar-refractivity contribution in [2.45, 2.75) is 0 Å². The monoisotopic (exact) mass is 387 g/mol.